The highest BCUT2D eigenvalue weighted by Gasteiger charge is 2.27. The second kappa shape index (κ2) is 5.90. The fourth-order valence-corrected chi connectivity index (χ4v) is 3.77. The maximum absolute atomic E-state index is 11.7. The minimum atomic E-state index is -2.92. The lowest BCUT2D eigenvalue weighted by Gasteiger charge is -2.10. The Morgan fingerprint density at radius 3 is 2.58 bits per heavy atom. The summed E-state index contributed by atoms with van der Waals surface area (Å²) in [6, 6.07) is 6.67. The third-order valence-corrected chi connectivity index (χ3v) is 4.93. The zero-order valence-corrected chi connectivity index (χ0v) is 11.8. The van der Waals surface area contributed by atoms with Gasteiger partial charge in [-0.05, 0) is 30.7 Å². The van der Waals surface area contributed by atoms with Crippen LogP contribution in [0.3, 0.4) is 0 Å². The van der Waals surface area contributed by atoms with Crippen LogP contribution in [0, 0.1) is 0 Å². The third kappa shape index (κ3) is 4.49. The number of hydrogen-bond donors (Lipinski definition) is 2. The van der Waals surface area contributed by atoms with Gasteiger partial charge in [0.05, 0.1) is 18.1 Å². The van der Waals surface area contributed by atoms with Gasteiger partial charge >= 0.3 is 0 Å². The standard InChI is InChI=1S/C12H15ClN2O3S/c13-9-1-3-10(4-2-9)15-12(16)7-14-11-5-6-19(17,18)8-11/h1-4,11,14H,5-8H2,(H,15,16). The van der Waals surface area contributed by atoms with Crippen LogP contribution in [-0.2, 0) is 14.6 Å². The zero-order chi connectivity index (χ0) is 13.9. The van der Waals surface area contributed by atoms with Crippen LogP contribution < -0.4 is 10.6 Å². The Hall–Kier alpha value is -1.11. The molecular weight excluding hydrogens is 288 g/mol. The minimum absolute atomic E-state index is 0.100. The number of hydrogen-bond acceptors (Lipinski definition) is 4. The van der Waals surface area contributed by atoms with E-state index in [2.05, 4.69) is 10.6 Å². The summed E-state index contributed by atoms with van der Waals surface area (Å²) in [7, 11) is -2.92. The monoisotopic (exact) mass is 302 g/mol. The van der Waals surface area contributed by atoms with Gasteiger partial charge in [-0.15, -0.1) is 0 Å². The van der Waals surface area contributed by atoms with Crippen molar-refractivity contribution in [3.63, 3.8) is 0 Å². The highest BCUT2D eigenvalue weighted by molar-refractivity contribution is 7.91. The van der Waals surface area contributed by atoms with Crippen molar-refractivity contribution in [1.29, 1.82) is 0 Å². The summed E-state index contributed by atoms with van der Waals surface area (Å²) >= 11 is 5.74. The van der Waals surface area contributed by atoms with Crippen LogP contribution in [0.5, 0.6) is 0 Å². The number of benzene rings is 1. The molecule has 2 rings (SSSR count). The topological polar surface area (TPSA) is 75.3 Å². The molecule has 1 heterocycles. The van der Waals surface area contributed by atoms with E-state index in [4.69, 9.17) is 11.6 Å². The van der Waals surface area contributed by atoms with Crippen LogP contribution in [0.2, 0.25) is 5.02 Å². The zero-order valence-electron chi connectivity index (χ0n) is 10.2. The molecule has 0 aromatic heterocycles. The molecule has 5 nitrogen and oxygen atoms in total. The molecule has 0 saturated carbocycles. The van der Waals surface area contributed by atoms with Crippen LogP contribution in [0.1, 0.15) is 6.42 Å². The average Bonchev–Trinajstić information content (AvgIpc) is 2.69. The van der Waals surface area contributed by atoms with E-state index >= 15 is 0 Å². The van der Waals surface area contributed by atoms with Crippen molar-refractivity contribution in [3.8, 4) is 0 Å². The van der Waals surface area contributed by atoms with Gasteiger partial charge in [0.25, 0.3) is 0 Å². The molecule has 1 aliphatic rings. The van der Waals surface area contributed by atoms with Gasteiger partial charge in [0.1, 0.15) is 0 Å². The molecule has 0 spiro atoms. The fourth-order valence-electron chi connectivity index (χ4n) is 1.93. The maximum atomic E-state index is 11.7. The molecule has 1 saturated heterocycles. The van der Waals surface area contributed by atoms with E-state index in [1.54, 1.807) is 24.3 Å². The van der Waals surface area contributed by atoms with Gasteiger partial charge in [-0.3, -0.25) is 4.79 Å². The predicted molar refractivity (Wildman–Crippen MR) is 75.1 cm³/mol. The van der Waals surface area contributed by atoms with E-state index in [0.29, 0.717) is 17.1 Å². The van der Waals surface area contributed by atoms with Gasteiger partial charge in [-0.25, -0.2) is 8.42 Å². The molecule has 0 bridgehead atoms. The SMILES string of the molecule is O=C(CNC1CCS(=O)(=O)C1)Nc1ccc(Cl)cc1. The number of rotatable bonds is 4. The maximum Gasteiger partial charge on any atom is 0.238 e. The first-order chi connectivity index (χ1) is 8.94. The molecule has 0 radical (unpaired) electrons. The van der Waals surface area contributed by atoms with E-state index in [0.717, 1.165) is 0 Å². The molecule has 1 aliphatic heterocycles. The lowest BCUT2D eigenvalue weighted by Crippen LogP contribution is -2.36. The lowest BCUT2D eigenvalue weighted by molar-refractivity contribution is -0.115. The summed E-state index contributed by atoms with van der Waals surface area (Å²) in [6.07, 6.45) is 0.566. The molecule has 1 aromatic carbocycles. The second-order valence-corrected chi connectivity index (χ2v) is 7.20. The first-order valence-electron chi connectivity index (χ1n) is 5.94. The number of amides is 1. The van der Waals surface area contributed by atoms with E-state index in [9.17, 15) is 13.2 Å². The molecule has 2 N–H and O–H groups in total. The number of nitrogens with one attached hydrogen (secondary N) is 2. The Labute approximate surface area is 117 Å². The number of anilines is 1. The molecule has 1 atom stereocenters. The van der Waals surface area contributed by atoms with E-state index in [-0.39, 0.29) is 30.0 Å². The lowest BCUT2D eigenvalue weighted by atomic mass is 10.2. The minimum Gasteiger partial charge on any atom is -0.325 e. The van der Waals surface area contributed by atoms with Crippen molar-refractivity contribution >= 4 is 33.0 Å². The van der Waals surface area contributed by atoms with Crippen LogP contribution >= 0.6 is 11.6 Å². The summed E-state index contributed by atoms with van der Waals surface area (Å²) in [5, 5.41) is 6.26. The van der Waals surface area contributed by atoms with Crippen LogP contribution in [0.4, 0.5) is 5.69 Å². The number of sulfone groups is 1. The van der Waals surface area contributed by atoms with Gasteiger partial charge in [-0.1, -0.05) is 11.6 Å². The van der Waals surface area contributed by atoms with Gasteiger partial charge < -0.3 is 10.6 Å². The summed E-state index contributed by atoms with van der Waals surface area (Å²) < 4.78 is 22.5. The Balaban J connectivity index is 1.78. The predicted octanol–water partition coefficient (Wildman–Crippen LogP) is 1.06. The van der Waals surface area contributed by atoms with E-state index < -0.39 is 9.84 Å². The third-order valence-electron chi connectivity index (χ3n) is 2.91. The summed E-state index contributed by atoms with van der Waals surface area (Å²) in [4.78, 5) is 11.7. The van der Waals surface area contributed by atoms with Gasteiger partial charge in [0.2, 0.25) is 5.91 Å². The summed E-state index contributed by atoms with van der Waals surface area (Å²) in [6.45, 7) is 0.100. The Bertz CT molecular complexity index is 557. The van der Waals surface area contributed by atoms with Gasteiger partial charge in [0, 0.05) is 16.8 Å². The van der Waals surface area contributed by atoms with Crippen LogP contribution in [0.25, 0.3) is 0 Å². The Kier molecular flexibility index (Phi) is 4.44. The molecule has 7 heteroatoms. The van der Waals surface area contributed by atoms with Crippen LogP contribution in [-0.4, -0.2) is 38.4 Å². The highest BCUT2D eigenvalue weighted by Crippen LogP contribution is 2.13. The molecule has 1 aromatic rings. The average molecular weight is 303 g/mol. The van der Waals surface area contributed by atoms with E-state index in [1.807, 2.05) is 0 Å². The molecule has 1 amide bonds. The van der Waals surface area contributed by atoms with Crippen molar-refractivity contribution in [1.82, 2.24) is 5.32 Å². The quantitative estimate of drug-likeness (QED) is 0.872. The summed E-state index contributed by atoms with van der Waals surface area (Å²) in [5.74, 6) is 0.108. The van der Waals surface area contributed by atoms with E-state index in [1.165, 1.54) is 0 Å². The largest absolute Gasteiger partial charge is 0.325 e. The van der Waals surface area contributed by atoms with Crippen LogP contribution in [0.15, 0.2) is 24.3 Å². The van der Waals surface area contributed by atoms with Crippen molar-refractivity contribution in [2.75, 3.05) is 23.4 Å². The molecule has 1 unspecified atom stereocenters. The number of carbonyl (C=O) groups excluding carboxylic acids is 1. The smallest absolute Gasteiger partial charge is 0.238 e. The first-order valence-corrected chi connectivity index (χ1v) is 8.14. The van der Waals surface area contributed by atoms with Crippen molar-refractivity contribution < 1.29 is 13.2 Å². The normalized spacial score (nSPS) is 21.2. The molecule has 0 aliphatic carbocycles. The Morgan fingerprint density at radius 1 is 1.32 bits per heavy atom. The number of halogens is 1. The molecule has 1 fully saturated rings. The molecule has 19 heavy (non-hydrogen) atoms. The van der Waals surface area contributed by atoms with Crippen molar-refractivity contribution in [2.24, 2.45) is 0 Å². The summed E-state index contributed by atoms with van der Waals surface area (Å²) in [5.41, 5.74) is 0.662. The first kappa shape index (κ1) is 14.3. The van der Waals surface area contributed by atoms with Crippen molar-refractivity contribution in [2.45, 2.75) is 12.5 Å². The van der Waals surface area contributed by atoms with Gasteiger partial charge in [-0.2, -0.15) is 0 Å². The van der Waals surface area contributed by atoms with Gasteiger partial charge in [0.15, 0.2) is 9.84 Å². The fraction of sp³-hybridized carbons (Fsp3) is 0.417. The molecular formula is C12H15ClN2O3S. The Morgan fingerprint density at radius 2 is 2.00 bits per heavy atom. The highest BCUT2D eigenvalue weighted by atomic mass is 35.5. The van der Waals surface area contributed by atoms with Crippen molar-refractivity contribution in [3.05, 3.63) is 29.3 Å². The molecule has 104 valence electrons. The number of carbonyl (C=O) groups is 1. The second-order valence-electron chi connectivity index (χ2n) is 4.54.